The molecule has 2 nitrogen and oxygen atoms in total. The van der Waals surface area contributed by atoms with Crippen LogP contribution >= 0.6 is 15.9 Å². The van der Waals surface area contributed by atoms with Gasteiger partial charge in [-0.15, -0.1) is 0 Å². The molecule has 0 bridgehead atoms. The Labute approximate surface area is 99.2 Å². The summed E-state index contributed by atoms with van der Waals surface area (Å²) in [5.41, 5.74) is 5.83. The van der Waals surface area contributed by atoms with Crippen LogP contribution in [0.3, 0.4) is 0 Å². The van der Waals surface area contributed by atoms with E-state index in [4.69, 9.17) is 10.2 Å². The highest BCUT2D eigenvalue weighted by atomic mass is 79.9. The highest BCUT2D eigenvalue weighted by Gasteiger charge is 2.18. The van der Waals surface area contributed by atoms with E-state index in [1.165, 1.54) is 6.26 Å². The van der Waals surface area contributed by atoms with Crippen LogP contribution in [0.2, 0.25) is 0 Å². The van der Waals surface area contributed by atoms with Crippen LogP contribution in [-0.4, -0.2) is 0 Å². The summed E-state index contributed by atoms with van der Waals surface area (Å²) in [6.07, 6.45) is 1.43. The fourth-order valence-electron chi connectivity index (χ4n) is 1.40. The Kier molecular flexibility index (Phi) is 3.07. The molecule has 2 aromatic rings. The van der Waals surface area contributed by atoms with Gasteiger partial charge in [0.2, 0.25) is 0 Å². The average Bonchev–Trinajstić information content (AvgIpc) is 2.75. The Bertz CT molecular complexity index is 499. The highest BCUT2D eigenvalue weighted by Crippen LogP contribution is 2.27. The van der Waals surface area contributed by atoms with E-state index < -0.39 is 17.7 Å². The third-order valence-corrected chi connectivity index (χ3v) is 2.83. The van der Waals surface area contributed by atoms with E-state index in [0.29, 0.717) is 5.76 Å². The molecule has 0 spiro atoms. The Morgan fingerprint density at radius 2 is 2.00 bits per heavy atom. The summed E-state index contributed by atoms with van der Waals surface area (Å²) in [5, 5.41) is 0. The number of benzene rings is 1. The van der Waals surface area contributed by atoms with Crippen molar-refractivity contribution in [3.05, 3.63) is 58.0 Å². The molecule has 1 heterocycles. The number of furan rings is 1. The van der Waals surface area contributed by atoms with Crippen molar-refractivity contribution in [2.24, 2.45) is 5.73 Å². The molecular formula is C11H8BrF2NO. The van der Waals surface area contributed by atoms with Gasteiger partial charge in [-0.1, -0.05) is 0 Å². The number of hydrogen-bond acceptors (Lipinski definition) is 2. The number of nitrogens with two attached hydrogens (primary N) is 1. The van der Waals surface area contributed by atoms with Gasteiger partial charge in [-0.3, -0.25) is 0 Å². The third-order valence-electron chi connectivity index (χ3n) is 2.22. The Morgan fingerprint density at radius 1 is 1.25 bits per heavy atom. The van der Waals surface area contributed by atoms with Gasteiger partial charge in [-0.05, 0) is 40.2 Å². The molecule has 1 unspecified atom stereocenters. The van der Waals surface area contributed by atoms with E-state index in [9.17, 15) is 8.78 Å². The largest absolute Gasteiger partial charge is 0.467 e. The summed E-state index contributed by atoms with van der Waals surface area (Å²) >= 11 is 2.90. The Morgan fingerprint density at radius 3 is 2.62 bits per heavy atom. The van der Waals surface area contributed by atoms with Gasteiger partial charge in [-0.25, -0.2) is 8.78 Å². The van der Waals surface area contributed by atoms with Gasteiger partial charge in [0.1, 0.15) is 17.4 Å². The number of halogens is 3. The first-order valence-electron chi connectivity index (χ1n) is 4.53. The molecule has 5 heteroatoms. The molecule has 2 N–H and O–H groups in total. The van der Waals surface area contributed by atoms with Gasteiger partial charge >= 0.3 is 0 Å². The first-order chi connectivity index (χ1) is 7.59. The zero-order valence-electron chi connectivity index (χ0n) is 8.08. The van der Waals surface area contributed by atoms with Gasteiger partial charge < -0.3 is 10.2 Å². The predicted octanol–water partition coefficient (Wildman–Crippen LogP) is 3.37. The second-order valence-electron chi connectivity index (χ2n) is 3.28. The molecule has 0 saturated carbocycles. The molecule has 1 atom stereocenters. The molecule has 0 radical (unpaired) electrons. The monoisotopic (exact) mass is 287 g/mol. The molecule has 16 heavy (non-hydrogen) atoms. The third kappa shape index (κ3) is 2.01. The molecule has 0 aliphatic carbocycles. The van der Waals surface area contributed by atoms with E-state index in [1.807, 2.05) is 0 Å². The lowest BCUT2D eigenvalue weighted by molar-refractivity contribution is 0.478. The van der Waals surface area contributed by atoms with Crippen LogP contribution in [0.25, 0.3) is 0 Å². The highest BCUT2D eigenvalue weighted by molar-refractivity contribution is 9.10. The summed E-state index contributed by atoms with van der Waals surface area (Å²) in [4.78, 5) is 0. The van der Waals surface area contributed by atoms with Crippen molar-refractivity contribution in [1.82, 2.24) is 0 Å². The maximum Gasteiger partial charge on any atom is 0.137 e. The molecule has 0 aliphatic rings. The second-order valence-corrected chi connectivity index (χ2v) is 4.14. The fourth-order valence-corrected chi connectivity index (χ4v) is 1.71. The van der Waals surface area contributed by atoms with E-state index in [-0.39, 0.29) is 10.0 Å². The van der Waals surface area contributed by atoms with Crippen LogP contribution in [0, 0.1) is 11.6 Å². The molecule has 2 rings (SSSR count). The van der Waals surface area contributed by atoms with Crippen LogP contribution in [0.5, 0.6) is 0 Å². The second kappa shape index (κ2) is 4.35. The minimum Gasteiger partial charge on any atom is -0.467 e. The topological polar surface area (TPSA) is 39.2 Å². The standard InChI is InChI=1S/C11H8BrF2NO/c12-7-5-8(13)6(4-9(7)14)11(15)10-2-1-3-16-10/h1-5,11H,15H2. The summed E-state index contributed by atoms with van der Waals surface area (Å²) in [7, 11) is 0. The van der Waals surface area contributed by atoms with E-state index in [1.54, 1.807) is 12.1 Å². The van der Waals surface area contributed by atoms with Gasteiger partial charge in [0.15, 0.2) is 0 Å². The fraction of sp³-hybridized carbons (Fsp3) is 0.0909. The van der Waals surface area contributed by atoms with Gasteiger partial charge in [0.25, 0.3) is 0 Å². The molecule has 0 amide bonds. The molecule has 0 saturated heterocycles. The molecule has 1 aromatic carbocycles. The first kappa shape index (κ1) is 11.3. The van der Waals surface area contributed by atoms with Gasteiger partial charge in [0, 0.05) is 5.56 Å². The zero-order chi connectivity index (χ0) is 11.7. The molecule has 1 aromatic heterocycles. The van der Waals surface area contributed by atoms with Crippen LogP contribution < -0.4 is 5.73 Å². The van der Waals surface area contributed by atoms with Crippen molar-refractivity contribution in [2.45, 2.75) is 6.04 Å². The summed E-state index contributed by atoms with van der Waals surface area (Å²) in [6, 6.07) is 4.56. The zero-order valence-corrected chi connectivity index (χ0v) is 9.67. The molecule has 84 valence electrons. The number of hydrogen-bond donors (Lipinski definition) is 1. The van der Waals surface area contributed by atoms with Crippen molar-refractivity contribution in [3.8, 4) is 0 Å². The van der Waals surface area contributed by atoms with Gasteiger partial charge in [-0.2, -0.15) is 0 Å². The summed E-state index contributed by atoms with van der Waals surface area (Å²) in [5.74, 6) is -0.740. The minimum atomic E-state index is -0.808. The lowest BCUT2D eigenvalue weighted by atomic mass is 10.0. The van der Waals surface area contributed by atoms with Crippen molar-refractivity contribution >= 4 is 15.9 Å². The Hall–Kier alpha value is -1.20. The van der Waals surface area contributed by atoms with Crippen molar-refractivity contribution in [2.75, 3.05) is 0 Å². The van der Waals surface area contributed by atoms with E-state index >= 15 is 0 Å². The lowest BCUT2D eigenvalue weighted by Crippen LogP contribution is -2.13. The minimum absolute atomic E-state index is 0.0654. The SMILES string of the molecule is NC(c1ccco1)c1cc(F)c(Br)cc1F. The van der Waals surface area contributed by atoms with Crippen molar-refractivity contribution in [1.29, 1.82) is 0 Å². The van der Waals surface area contributed by atoms with Crippen molar-refractivity contribution in [3.63, 3.8) is 0 Å². The normalized spacial score (nSPS) is 12.8. The average molecular weight is 288 g/mol. The maximum atomic E-state index is 13.6. The maximum absolute atomic E-state index is 13.6. The molecule has 0 fully saturated rings. The van der Waals surface area contributed by atoms with Gasteiger partial charge in [0.05, 0.1) is 16.8 Å². The smallest absolute Gasteiger partial charge is 0.137 e. The van der Waals surface area contributed by atoms with E-state index in [2.05, 4.69) is 15.9 Å². The predicted molar refractivity (Wildman–Crippen MR) is 58.8 cm³/mol. The summed E-state index contributed by atoms with van der Waals surface area (Å²) < 4.78 is 31.9. The quantitative estimate of drug-likeness (QED) is 0.860. The van der Waals surface area contributed by atoms with Crippen LogP contribution in [0.1, 0.15) is 17.4 Å². The van der Waals surface area contributed by atoms with E-state index in [0.717, 1.165) is 12.1 Å². The van der Waals surface area contributed by atoms with Crippen LogP contribution in [0.4, 0.5) is 8.78 Å². The lowest BCUT2D eigenvalue weighted by Gasteiger charge is -2.11. The first-order valence-corrected chi connectivity index (χ1v) is 5.32. The summed E-state index contributed by atoms with van der Waals surface area (Å²) in [6.45, 7) is 0. The van der Waals surface area contributed by atoms with Crippen molar-refractivity contribution < 1.29 is 13.2 Å². The molecule has 0 aliphatic heterocycles. The number of rotatable bonds is 2. The van der Waals surface area contributed by atoms with Crippen LogP contribution in [-0.2, 0) is 0 Å². The Balaban J connectivity index is 2.44. The van der Waals surface area contributed by atoms with Crippen LogP contribution in [0.15, 0.2) is 39.4 Å². The molecular weight excluding hydrogens is 280 g/mol.